The molecule has 2 amide bonds. The largest absolute Gasteiger partial charge is 0.497 e. The fraction of sp³-hybridized carbons (Fsp3) is 0.238. The summed E-state index contributed by atoms with van der Waals surface area (Å²) in [4.78, 5) is 35.1. The van der Waals surface area contributed by atoms with Gasteiger partial charge in [-0.2, -0.15) is 0 Å². The molecule has 0 aliphatic rings. The number of nitrogens with one attached hydrogen (secondary N) is 2. The number of aromatic nitrogens is 3. The van der Waals surface area contributed by atoms with E-state index in [1.807, 2.05) is 0 Å². The normalized spacial score (nSPS) is 10.5. The van der Waals surface area contributed by atoms with Crippen LogP contribution in [0.3, 0.4) is 0 Å². The van der Waals surface area contributed by atoms with E-state index >= 15 is 0 Å². The molecule has 0 saturated carbocycles. The lowest BCUT2D eigenvalue weighted by atomic mass is 10.2. The summed E-state index contributed by atoms with van der Waals surface area (Å²) >= 11 is 1.14. The quantitative estimate of drug-likeness (QED) is 0.276. The minimum Gasteiger partial charge on any atom is -0.497 e. The van der Waals surface area contributed by atoms with Gasteiger partial charge in [-0.05, 0) is 24.6 Å². The third-order valence-electron chi connectivity index (χ3n) is 4.64. The number of carbonyl (C=O) groups is 2. The molecule has 0 fully saturated rings. The van der Waals surface area contributed by atoms with Crippen LogP contribution in [0.25, 0.3) is 0 Å². The molecule has 0 unspecified atom stereocenters. The van der Waals surface area contributed by atoms with Crippen LogP contribution >= 0.6 is 11.8 Å². The van der Waals surface area contributed by atoms with Gasteiger partial charge in [0.05, 0.1) is 29.9 Å². The second-order valence-corrected chi connectivity index (χ2v) is 7.95. The smallest absolute Gasteiger partial charge is 0.271 e. The number of rotatable bonds is 9. The Morgan fingerprint density at radius 3 is 2.67 bits per heavy atom. The van der Waals surface area contributed by atoms with Crippen molar-refractivity contribution in [2.45, 2.75) is 18.5 Å². The lowest BCUT2D eigenvalue weighted by molar-refractivity contribution is -0.384. The second kappa shape index (κ2) is 10.6. The fourth-order valence-corrected chi connectivity index (χ4v) is 3.58. The molecule has 0 aliphatic heterocycles. The van der Waals surface area contributed by atoms with Crippen LogP contribution in [0, 0.1) is 17.0 Å². The number of amides is 2. The molecule has 0 radical (unpaired) electrons. The number of anilines is 2. The molecule has 2 aromatic carbocycles. The van der Waals surface area contributed by atoms with Crippen LogP contribution in [0.1, 0.15) is 11.4 Å². The Bertz CT molecular complexity index is 1200. The average molecular weight is 471 g/mol. The minimum absolute atomic E-state index is 0.000341. The first-order valence-corrected chi connectivity index (χ1v) is 10.7. The van der Waals surface area contributed by atoms with Gasteiger partial charge in [0, 0.05) is 30.9 Å². The number of thioether (sulfide) groups is 1. The summed E-state index contributed by atoms with van der Waals surface area (Å²) in [5.41, 5.74) is 1.59. The van der Waals surface area contributed by atoms with Crippen molar-refractivity contribution in [3.63, 3.8) is 0 Å². The van der Waals surface area contributed by atoms with Crippen molar-refractivity contribution in [3.8, 4) is 5.75 Å². The maximum absolute atomic E-state index is 12.4. The Labute approximate surface area is 193 Å². The van der Waals surface area contributed by atoms with Crippen LogP contribution in [0.5, 0.6) is 5.75 Å². The summed E-state index contributed by atoms with van der Waals surface area (Å²) in [6.45, 7) is 1.75. The van der Waals surface area contributed by atoms with Gasteiger partial charge in [0.2, 0.25) is 11.8 Å². The molecule has 1 heterocycles. The number of aryl methyl sites for hydroxylation is 1. The molecule has 0 bridgehead atoms. The van der Waals surface area contributed by atoms with Crippen LogP contribution in [0.4, 0.5) is 17.1 Å². The van der Waals surface area contributed by atoms with Crippen molar-refractivity contribution in [3.05, 3.63) is 64.0 Å². The van der Waals surface area contributed by atoms with Crippen LogP contribution in [0.2, 0.25) is 0 Å². The third kappa shape index (κ3) is 6.29. The second-order valence-electron chi connectivity index (χ2n) is 7.01. The molecule has 0 saturated heterocycles. The SMILES string of the molecule is COc1cccc(NC(=O)Cc2nnc(SCC(=O)Nc3cc([N+](=O)[O-])ccc3C)n2C)c1. The number of ether oxygens (including phenoxy) is 1. The molecule has 3 rings (SSSR count). The zero-order valence-electron chi connectivity index (χ0n) is 18.2. The molecule has 2 N–H and O–H groups in total. The molecule has 1 aromatic heterocycles. The van der Waals surface area contributed by atoms with Gasteiger partial charge >= 0.3 is 0 Å². The van der Waals surface area contributed by atoms with Gasteiger partial charge in [-0.25, -0.2) is 0 Å². The van der Waals surface area contributed by atoms with Crippen molar-refractivity contribution < 1.29 is 19.2 Å². The van der Waals surface area contributed by atoms with Gasteiger partial charge in [-0.15, -0.1) is 10.2 Å². The molecule has 0 atom stereocenters. The molecular formula is C21H22N6O5S. The highest BCUT2D eigenvalue weighted by Crippen LogP contribution is 2.23. The molecule has 11 nitrogen and oxygen atoms in total. The van der Waals surface area contributed by atoms with E-state index in [0.717, 1.165) is 11.8 Å². The van der Waals surface area contributed by atoms with Gasteiger partial charge in [0.25, 0.3) is 5.69 Å². The highest BCUT2D eigenvalue weighted by Gasteiger charge is 2.16. The average Bonchev–Trinajstić information content (AvgIpc) is 3.12. The predicted molar refractivity (Wildman–Crippen MR) is 124 cm³/mol. The summed E-state index contributed by atoms with van der Waals surface area (Å²) in [5.74, 6) is 0.471. The number of non-ortho nitro benzene ring substituents is 1. The van der Waals surface area contributed by atoms with Crippen molar-refractivity contribution in [1.29, 1.82) is 0 Å². The Morgan fingerprint density at radius 2 is 1.94 bits per heavy atom. The first-order chi connectivity index (χ1) is 15.8. The van der Waals surface area contributed by atoms with Gasteiger partial charge in [0.1, 0.15) is 11.6 Å². The van der Waals surface area contributed by atoms with Crippen LogP contribution in [-0.2, 0) is 23.1 Å². The van der Waals surface area contributed by atoms with E-state index in [-0.39, 0.29) is 29.7 Å². The molecule has 12 heteroatoms. The van der Waals surface area contributed by atoms with E-state index in [9.17, 15) is 19.7 Å². The first-order valence-electron chi connectivity index (χ1n) is 9.76. The summed E-state index contributed by atoms with van der Waals surface area (Å²) in [7, 11) is 3.25. The number of hydrogen-bond acceptors (Lipinski definition) is 8. The molecular weight excluding hydrogens is 448 g/mol. The highest BCUT2D eigenvalue weighted by molar-refractivity contribution is 7.99. The van der Waals surface area contributed by atoms with Crippen molar-refractivity contribution in [2.24, 2.45) is 7.05 Å². The predicted octanol–water partition coefficient (Wildman–Crippen LogP) is 2.95. The zero-order chi connectivity index (χ0) is 24.0. The van der Waals surface area contributed by atoms with Crippen LogP contribution in [0.15, 0.2) is 47.6 Å². The zero-order valence-corrected chi connectivity index (χ0v) is 19.0. The number of nitrogens with zero attached hydrogens (tertiary/aromatic N) is 4. The number of benzene rings is 2. The lowest BCUT2D eigenvalue weighted by Gasteiger charge is -2.08. The standard InChI is InChI=1S/C21H22N6O5S/c1-13-7-8-15(27(30)31)10-17(13)23-20(29)12-33-21-25-24-18(26(21)2)11-19(28)22-14-5-4-6-16(9-14)32-3/h4-10H,11-12H2,1-3H3,(H,22,28)(H,23,29). The summed E-state index contributed by atoms with van der Waals surface area (Å²) in [6.07, 6.45) is 0.000341. The van der Waals surface area contributed by atoms with Gasteiger partial charge in [-0.1, -0.05) is 23.9 Å². The van der Waals surface area contributed by atoms with Gasteiger partial charge in [0.15, 0.2) is 5.16 Å². The number of hydrogen-bond donors (Lipinski definition) is 2. The first kappa shape index (κ1) is 23.7. The van der Waals surface area contributed by atoms with Crippen molar-refractivity contribution in [1.82, 2.24) is 14.8 Å². The van der Waals surface area contributed by atoms with E-state index in [4.69, 9.17) is 4.74 Å². The Morgan fingerprint density at radius 1 is 1.15 bits per heavy atom. The third-order valence-corrected chi connectivity index (χ3v) is 5.66. The maximum Gasteiger partial charge on any atom is 0.271 e. The lowest BCUT2D eigenvalue weighted by Crippen LogP contribution is -2.17. The minimum atomic E-state index is -0.518. The highest BCUT2D eigenvalue weighted by atomic mass is 32.2. The Hall–Kier alpha value is -3.93. The van der Waals surface area contributed by atoms with Crippen molar-refractivity contribution in [2.75, 3.05) is 23.5 Å². The van der Waals surface area contributed by atoms with Crippen LogP contribution < -0.4 is 15.4 Å². The number of methoxy groups -OCH3 is 1. The number of carbonyl (C=O) groups excluding carboxylic acids is 2. The maximum atomic E-state index is 12.4. The molecule has 172 valence electrons. The molecule has 3 aromatic rings. The van der Waals surface area contributed by atoms with E-state index in [0.29, 0.717) is 33.7 Å². The summed E-state index contributed by atoms with van der Waals surface area (Å²) in [6, 6.07) is 11.3. The topological polar surface area (TPSA) is 141 Å². The molecule has 0 spiro atoms. The van der Waals surface area contributed by atoms with Crippen LogP contribution in [-0.4, -0.2) is 44.4 Å². The van der Waals surface area contributed by atoms with E-state index in [2.05, 4.69) is 20.8 Å². The number of nitro benzene ring substituents is 1. The monoisotopic (exact) mass is 470 g/mol. The number of nitro groups is 1. The Kier molecular flexibility index (Phi) is 7.61. The van der Waals surface area contributed by atoms with E-state index in [1.165, 1.54) is 12.1 Å². The fourth-order valence-electron chi connectivity index (χ4n) is 2.85. The molecule has 0 aliphatic carbocycles. The van der Waals surface area contributed by atoms with E-state index < -0.39 is 4.92 Å². The van der Waals surface area contributed by atoms with Gasteiger partial charge in [-0.3, -0.25) is 19.7 Å². The van der Waals surface area contributed by atoms with Gasteiger partial charge < -0.3 is 19.9 Å². The Balaban J connectivity index is 1.56. The van der Waals surface area contributed by atoms with Crippen molar-refractivity contribution >= 4 is 40.6 Å². The summed E-state index contributed by atoms with van der Waals surface area (Å²) in [5, 5.41) is 24.9. The molecule has 33 heavy (non-hydrogen) atoms. The summed E-state index contributed by atoms with van der Waals surface area (Å²) < 4.78 is 6.78. The van der Waals surface area contributed by atoms with E-state index in [1.54, 1.807) is 56.0 Å².